The van der Waals surface area contributed by atoms with Crippen molar-refractivity contribution in [2.75, 3.05) is 0 Å². The van der Waals surface area contributed by atoms with Crippen LogP contribution in [-0.2, 0) is 0 Å². The molecule has 0 aromatic heterocycles. The Kier molecular flexibility index (Phi) is 3.05. The van der Waals surface area contributed by atoms with Crippen LogP contribution < -0.4 is 10.5 Å². The number of ether oxygens (including phenoxy) is 1. The van der Waals surface area contributed by atoms with E-state index in [-0.39, 0.29) is 17.2 Å². The Balaban J connectivity index is 2.10. The topological polar surface area (TPSA) is 35.2 Å². The molecule has 0 bridgehead atoms. The lowest BCUT2D eigenvalue weighted by atomic mass is 9.57. The predicted molar refractivity (Wildman–Crippen MR) is 62.2 cm³/mol. The second-order valence-corrected chi connectivity index (χ2v) is 5.33. The summed E-state index contributed by atoms with van der Waals surface area (Å²) in [6.45, 7) is 4.15. The van der Waals surface area contributed by atoms with E-state index in [1.54, 1.807) is 12.1 Å². The third-order valence-electron chi connectivity index (χ3n) is 3.86. The molecule has 1 aromatic rings. The van der Waals surface area contributed by atoms with Gasteiger partial charge in [-0.05, 0) is 35.4 Å². The van der Waals surface area contributed by atoms with Gasteiger partial charge in [0.25, 0.3) is 0 Å². The zero-order valence-corrected chi connectivity index (χ0v) is 10.3. The second-order valence-electron chi connectivity index (χ2n) is 5.33. The Hall–Kier alpha value is -1.23. The SMILES string of the molecule is CC1(C)C(N)CC1c1ccc(OC(F)(F)F)cc1. The van der Waals surface area contributed by atoms with Gasteiger partial charge in [0.05, 0.1) is 0 Å². The number of benzene rings is 1. The summed E-state index contributed by atoms with van der Waals surface area (Å²) in [6, 6.07) is 6.21. The molecule has 0 radical (unpaired) electrons. The first-order valence-electron chi connectivity index (χ1n) is 5.81. The van der Waals surface area contributed by atoms with Crippen LogP contribution in [-0.4, -0.2) is 12.4 Å². The average Bonchev–Trinajstić information content (AvgIpc) is 2.25. The van der Waals surface area contributed by atoms with Crippen LogP contribution in [0.1, 0.15) is 31.7 Å². The Morgan fingerprint density at radius 2 is 1.78 bits per heavy atom. The van der Waals surface area contributed by atoms with Gasteiger partial charge >= 0.3 is 6.36 Å². The Morgan fingerprint density at radius 1 is 1.22 bits per heavy atom. The molecule has 1 aliphatic rings. The van der Waals surface area contributed by atoms with E-state index in [0.717, 1.165) is 12.0 Å². The van der Waals surface area contributed by atoms with Crippen molar-refractivity contribution < 1.29 is 17.9 Å². The molecule has 5 heteroatoms. The largest absolute Gasteiger partial charge is 0.573 e. The van der Waals surface area contributed by atoms with E-state index in [4.69, 9.17) is 5.73 Å². The van der Waals surface area contributed by atoms with Crippen molar-refractivity contribution in [3.63, 3.8) is 0 Å². The van der Waals surface area contributed by atoms with Crippen LogP contribution in [0.4, 0.5) is 13.2 Å². The maximum absolute atomic E-state index is 12.0. The van der Waals surface area contributed by atoms with Gasteiger partial charge in [-0.15, -0.1) is 13.2 Å². The van der Waals surface area contributed by atoms with Gasteiger partial charge in [0.15, 0.2) is 0 Å². The molecule has 2 atom stereocenters. The first-order chi connectivity index (χ1) is 8.20. The zero-order valence-electron chi connectivity index (χ0n) is 10.3. The molecule has 0 spiro atoms. The van der Waals surface area contributed by atoms with Crippen LogP contribution in [0.2, 0.25) is 0 Å². The summed E-state index contributed by atoms with van der Waals surface area (Å²) in [6.07, 6.45) is -3.77. The van der Waals surface area contributed by atoms with E-state index in [2.05, 4.69) is 18.6 Å². The molecule has 1 aromatic carbocycles. The van der Waals surface area contributed by atoms with Crippen LogP contribution >= 0.6 is 0 Å². The summed E-state index contributed by atoms with van der Waals surface area (Å²) in [5.74, 6) is 0.111. The highest BCUT2D eigenvalue weighted by molar-refractivity contribution is 5.33. The van der Waals surface area contributed by atoms with E-state index in [0.29, 0.717) is 5.92 Å². The smallest absolute Gasteiger partial charge is 0.406 e. The molecule has 0 aliphatic heterocycles. The summed E-state index contributed by atoms with van der Waals surface area (Å²) in [7, 11) is 0. The maximum atomic E-state index is 12.0. The van der Waals surface area contributed by atoms with Gasteiger partial charge in [-0.1, -0.05) is 26.0 Å². The van der Waals surface area contributed by atoms with Crippen molar-refractivity contribution in [1.29, 1.82) is 0 Å². The monoisotopic (exact) mass is 259 g/mol. The fourth-order valence-corrected chi connectivity index (χ4v) is 2.43. The molecule has 1 fully saturated rings. The van der Waals surface area contributed by atoms with Gasteiger partial charge in [0.1, 0.15) is 5.75 Å². The lowest BCUT2D eigenvalue weighted by Crippen LogP contribution is -2.52. The van der Waals surface area contributed by atoms with Gasteiger partial charge in [-0.3, -0.25) is 0 Å². The zero-order chi connectivity index (χ0) is 13.6. The fraction of sp³-hybridized carbons (Fsp3) is 0.538. The molecular weight excluding hydrogens is 243 g/mol. The molecule has 1 saturated carbocycles. The lowest BCUT2D eigenvalue weighted by Gasteiger charge is -2.50. The first-order valence-corrected chi connectivity index (χ1v) is 5.81. The summed E-state index contributed by atoms with van der Waals surface area (Å²) < 4.78 is 39.9. The van der Waals surface area contributed by atoms with Crippen LogP contribution in [0.25, 0.3) is 0 Å². The van der Waals surface area contributed by atoms with Crippen molar-refractivity contribution in [2.24, 2.45) is 11.1 Å². The van der Waals surface area contributed by atoms with Gasteiger partial charge < -0.3 is 10.5 Å². The molecule has 2 rings (SSSR count). The van der Waals surface area contributed by atoms with Crippen molar-refractivity contribution in [3.05, 3.63) is 29.8 Å². The highest BCUT2D eigenvalue weighted by Crippen LogP contribution is 2.51. The molecule has 18 heavy (non-hydrogen) atoms. The predicted octanol–water partition coefficient (Wildman–Crippen LogP) is 3.43. The summed E-state index contributed by atoms with van der Waals surface area (Å²) >= 11 is 0. The van der Waals surface area contributed by atoms with Crippen molar-refractivity contribution in [3.8, 4) is 5.75 Å². The number of rotatable bonds is 2. The molecule has 2 unspecified atom stereocenters. The molecule has 0 heterocycles. The van der Waals surface area contributed by atoms with E-state index < -0.39 is 6.36 Å². The minimum absolute atomic E-state index is 0.00754. The Morgan fingerprint density at radius 3 is 2.17 bits per heavy atom. The average molecular weight is 259 g/mol. The van der Waals surface area contributed by atoms with Crippen molar-refractivity contribution in [2.45, 2.75) is 38.6 Å². The second kappa shape index (κ2) is 4.16. The highest BCUT2D eigenvalue weighted by atomic mass is 19.4. The summed E-state index contributed by atoms with van der Waals surface area (Å²) in [5.41, 5.74) is 6.93. The van der Waals surface area contributed by atoms with Crippen LogP contribution in [0, 0.1) is 5.41 Å². The minimum Gasteiger partial charge on any atom is -0.406 e. The maximum Gasteiger partial charge on any atom is 0.573 e. The van der Waals surface area contributed by atoms with E-state index in [1.807, 2.05) is 0 Å². The van der Waals surface area contributed by atoms with Gasteiger partial charge in [0, 0.05) is 6.04 Å². The molecule has 0 amide bonds. The standard InChI is InChI=1S/C13H16F3NO/c1-12(2)10(7-11(12)17)8-3-5-9(6-4-8)18-13(14,15)16/h3-6,10-11H,7,17H2,1-2H3. The van der Waals surface area contributed by atoms with Crippen LogP contribution in [0.3, 0.4) is 0 Å². The number of halogens is 3. The van der Waals surface area contributed by atoms with Gasteiger partial charge in [-0.2, -0.15) is 0 Å². The molecule has 0 saturated heterocycles. The normalized spacial score (nSPS) is 26.6. The highest BCUT2D eigenvalue weighted by Gasteiger charge is 2.46. The summed E-state index contributed by atoms with van der Waals surface area (Å²) in [5, 5.41) is 0. The van der Waals surface area contributed by atoms with E-state index in [9.17, 15) is 13.2 Å². The van der Waals surface area contributed by atoms with Gasteiger partial charge in [-0.25, -0.2) is 0 Å². The van der Waals surface area contributed by atoms with E-state index >= 15 is 0 Å². The number of hydrogen-bond donors (Lipinski definition) is 1. The molecule has 1 aliphatic carbocycles. The third-order valence-corrected chi connectivity index (χ3v) is 3.86. The van der Waals surface area contributed by atoms with Crippen LogP contribution in [0.5, 0.6) is 5.75 Å². The van der Waals surface area contributed by atoms with Crippen molar-refractivity contribution in [1.82, 2.24) is 0 Å². The quantitative estimate of drug-likeness (QED) is 0.883. The Labute approximate surface area is 104 Å². The third kappa shape index (κ3) is 2.46. The molecule has 2 N–H and O–H groups in total. The summed E-state index contributed by atoms with van der Waals surface area (Å²) in [4.78, 5) is 0. The molecule has 2 nitrogen and oxygen atoms in total. The molecule has 100 valence electrons. The Bertz CT molecular complexity index is 425. The first kappa shape index (κ1) is 13.2. The van der Waals surface area contributed by atoms with Crippen LogP contribution in [0.15, 0.2) is 24.3 Å². The minimum atomic E-state index is -4.64. The van der Waals surface area contributed by atoms with E-state index in [1.165, 1.54) is 12.1 Å². The number of nitrogens with two attached hydrogens (primary N) is 1. The lowest BCUT2D eigenvalue weighted by molar-refractivity contribution is -0.274. The molecular formula is C13H16F3NO. The van der Waals surface area contributed by atoms with Gasteiger partial charge in [0.2, 0.25) is 0 Å². The number of alkyl halides is 3. The fourth-order valence-electron chi connectivity index (χ4n) is 2.43. The number of hydrogen-bond acceptors (Lipinski definition) is 2. The van der Waals surface area contributed by atoms with Crippen molar-refractivity contribution >= 4 is 0 Å².